The van der Waals surface area contributed by atoms with Crippen molar-refractivity contribution in [2.75, 3.05) is 0 Å². The number of aliphatic hydroxyl groups is 1. The fraction of sp³-hybridized carbons (Fsp3) is 0.214. The molecular weight excluding hydrogens is 228 g/mol. The molecule has 0 spiro atoms. The molecule has 2 heterocycles. The van der Waals surface area contributed by atoms with E-state index in [-0.39, 0.29) is 0 Å². The fourth-order valence-corrected chi connectivity index (χ4v) is 2.01. The summed E-state index contributed by atoms with van der Waals surface area (Å²) in [6.07, 6.45) is 1.04. The zero-order valence-corrected chi connectivity index (χ0v) is 10.1. The summed E-state index contributed by atoms with van der Waals surface area (Å²) in [5.74, 6) is 0.575. The summed E-state index contributed by atoms with van der Waals surface area (Å²) in [5, 5.41) is 15.3. The van der Waals surface area contributed by atoms with Crippen LogP contribution in [0.3, 0.4) is 0 Å². The number of aromatic nitrogens is 2. The van der Waals surface area contributed by atoms with E-state index in [0.29, 0.717) is 12.3 Å². The van der Waals surface area contributed by atoms with Crippen molar-refractivity contribution in [3.8, 4) is 0 Å². The highest BCUT2D eigenvalue weighted by Gasteiger charge is 2.14. The van der Waals surface area contributed by atoms with Crippen LogP contribution in [-0.2, 0) is 6.54 Å². The average molecular weight is 242 g/mol. The summed E-state index contributed by atoms with van der Waals surface area (Å²) in [6.45, 7) is 2.36. The number of aryl methyl sites for hydroxylation is 1. The van der Waals surface area contributed by atoms with Crippen LogP contribution in [0.4, 0.5) is 0 Å². The lowest BCUT2D eigenvalue weighted by Crippen LogP contribution is -2.10. The van der Waals surface area contributed by atoms with Crippen molar-refractivity contribution in [1.82, 2.24) is 9.78 Å². The molecule has 0 bridgehead atoms. The van der Waals surface area contributed by atoms with Crippen molar-refractivity contribution in [3.63, 3.8) is 0 Å². The Labute approximate surface area is 104 Å². The van der Waals surface area contributed by atoms with Gasteiger partial charge in [-0.15, -0.1) is 0 Å². The zero-order valence-electron chi connectivity index (χ0n) is 10.1. The predicted octanol–water partition coefficient (Wildman–Crippen LogP) is 2.67. The van der Waals surface area contributed by atoms with Crippen molar-refractivity contribution >= 4 is 11.0 Å². The first-order chi connectivity index (χ1) is 8.74. The predicted molar refractivity (Wildman–Crippen MR) is 68.1 cm³/mol. The summed E-state index contributed by atoms with van der Waals surface area (Å²) in [6, 6.07) is 11.5. The highest BCUT2D eigenvalue weighted by atomic mass is 16.4. The van der Waals surface area contributed by atoms with Gasteiger partial charge in [-0.3, -0.25) is 4.68 Å². The molecule has 0 fully saturated rings. The first kappa shape index (κ1) is 11.0. The molecule has 0 amide bonds. The molecule has 0 saturated carbocycles. The van der Waals surface area contributed by atoms with Gasteiger partial charge in [0.1, 0.15) is 17.4 Å². The molecular formula is C14H14N2O2. The Balaban J connectivity index is 1.88. The van der Waals surface area contributed by atoms with Gasteiger partial charge in [0.05, 0.1) is 6.54 Å². The van der Waals surface area contributed by atoms with Crippen LogP contribution in [0.2, 0.25) is 0 Å². The molecule has 3 aromatic rings. The van der Waals surface area contributed by atoms with E-state index in [1.165, 1.54) is 0 Å². The minimum atomic E-state index is -0.684. The highest BCUT2D eigenvalue weighted by Crippen LogP contribution is 2.24. The lowest BCUT2D eigenvalue weighted by atomic mass is 10.2. The van der Waals surface area contributed by atoms with E-state index < -0.39 is 6.10 Å². The number of fused-ring (bicyclic) bond motifs is 1. The number of hydrogen-bond acceptors (Lipinski definition) is 3. The number of furan rings is 1. The van der Waals surface area contributed by atoms with Crippen LogP contribution in [0.1, 0.15) is 17.6 Å². The van der Waals surface area contributed by atoms with Crippen LogP contribution in [0.15, 0.2) is 47.0 Å². The molecule has 0 radical (unpaired) electrons. The van der Waals surface area contributed by atoms with E-state index in [2.05, 4.69) is 5.10 Å². The van der Waals surface area contributed by atoms with Crippen LogP contribution < -0.4 is 0 Å². The summed E-state index contributed by atoms with van der Waals surface area (Å²) >= 11 is 0. The molecule has 0 aliphatic carbocycles. The Morgan fingerprint density at radius 3 is 2.89 bits per heavy atom. The highest BCUT2D eigenvalue weighted by molar-refractivity contribution is 5.77. The summed E-state index contributed by atoms with van der Waals surface area (Å²) in [7, 11) is 0. The third-order valence-corrected chi connectivity index (χ3v) is 3.05. The topological polar surface area (TPSA) is 51.2 Å². The van der Waals surface area contributed by atoms with Gasteiger partial charge in [-0.05, 0) is 25.1 Å². The summed E-state index contributed by atoms with van der Waals surface area (Å²) in [4.78, 5) is 0. The maximum Gasteiger partial charge on any atom is 0.135 e. The van der Waals surface area contributed by atoms with E-state index in [4.69, 9.17) is 4.42 Å². The molecule has 3 rings (SSSR count). The van der Waals surface area contributed by atoms with Crippen molar-refractivity contribution in [3.05, 3.63) is 54.0 Å². The second-order valence-electron chi connectivity index (χ2n) is 4.36. The first-order valence-corrected chi connectivity index (χ1v) is 5.89. The van der Waals surface area contributed by atoms with Crippen LogP contribution in [0, 0.1) is 6.92 Å². The molecule has 1 N–H and O–H groups in total. The van der Waals surface area contributed by atoms with E-state index >= 15 is 0 Å². The minimum absolute atomic E-state index is 0.401. The van der Waals surface area contributed by atoms with Gasteiger partial charge < -0.3 is 9.52 Å². The van der Waals surface area contributed by atoms with Crippen molar-refractivity contribution in [2.24, 2.45) is 0 Å². The standard InChI is InChI=1S/C14H14N2O2/c1-10-6-7-15-16(10)9-12(17)14-8-11-4-2-3-5-13(11)18-14/h2-8,12,17H,9H2,1H3. The van der Waals surface area contributed by atoms with Gasteiger partial charge >= 0.3 is 0 Å². The van der Waals surface area contributed by atoms with E-state index in [1.807, 2.05) is 43.3 Å². The van der Waals surface area contributed by atoms with E-state index in [9.17, 15) is 5.11 Å². The fourth-order valence-electron chi connectivity index (χ4n) is 2.01. The smallest absolute Gasteiger partial charge is 0.135 e. The maximum atomic E-state index is 10.2. The Hall–Kier alpha value is -2.07. The number of nitrogens with zero attached hydrogens (tertiary/aromatic N) is 2. The first-order valence-electron chi connectivity index (χ1n) is 5.89. The Morgan fingerprint density at radius 1 is 1.33 bits per heavy atom. The van der Waals surface area contributed by atoms with Crippen LogP contribution in [-0.4, -0.2) is 14.9 Å². The third kappa shape index (κ3) is 1.91. The Bertz CT molecular complexity index is 636. The van der Waals surface area contributed by atoms with Crippen LogP contribution >= 0.6 is 0 Å². The number of benzene rings is 1. The van der Waals surface area contributed by atoms with Gasteiger partial charge in [-0.1, -0.05) is 18.2 Å². The molecule has 1 unspecified atom stereocenters. The van der Waals surface area contributed by atoms with Gasteiger partial charge in [-0.2, -0.15) is 5.10 Å². The van der Waals surface area contributed by atoms with Crippen LogP contribution in [0.5, 0.6) is 0 Å². The molecule has 18 heavy (non-hydrogen) atoms. The molecule has 2 aromatic heterocycles. The quantitative estimate of drug-likeness (QED) is 0.768. The third-order valence-electron chi connectivity index (χ3n) is 3.05. The lowest BCUT2D eigenvalue weighted by Gasteiger charge is -2.09. The number of aliphatic hydroxyl groups excluding tert-OH is 1. The number of para-hydroxylation sites is 1. The SMILES string of the molecule is Cc1ccnn1CC(O)c1cc2ccccc2o1. The molecule has 0 saturated heterocycles. The molecule has 0 aliphatic rings. The maximum absolute atomic E-state index is 10.2. The normalized spacial score (nSPS) is 13.0. The Kier molecular flexibility index (Phi) is 2.64. The number of rotatable bonds is 3. The summed E-state index contributed by atoms with van der Waals surface area (Å²) in [5.41, 5.74) is 1.81. The zero-order chi connectivity index (χ0) is 12.5. The second-order valence-corrected chi connectivity index (χ2v) is 4.36. The van der Waals surface area contributed by atoms with E-state index in [0.717, 1.165) is 16.7 Å². The van der Waals surface area contributed by atoms with Gasteiger partial charge in [-0.25, -0.2) is 0 Å². The molecule has 92 valence electrons. The molecule has 1 aromatic carbocycles. The van der Waals surface area contributed by atoms with Gasteiger partial charge in [0, 0.05) is 17.3 Å². The van der Waals surface area contributed by atoms with Crippen LogP contribution in [0.25, 0.3) is 11.0 Å². The minimum Gasteiger partial charge on any atom is -0.458 e. The Morgan fingerprint density at radius 2 is 2.17 bits per heavy atom. The van der Waals surface area contributed by atoms with Crippen molar-refractivity contribution < 1.29 is 9.52 Å². The largest absolute Gasteiger partial charge is 0.458 e. The monoisotopic (exact) mass is 242 g/mol. The van der Waals surface area contributed by atoms with Gasteiger partial charge in [0.2, 0.25) is 0 Å². The lowest BCUT2D eigenvalue weighted by molar-refractivity contribution is 0.127. The van der Waals surface area contributed by atoms with E-state index in [1.54, 1.807) is 10.9 Å². The molecule has 4 heteroatoms. The molecule has 0 aliphatic heterocycles. The van der Waals surface area contributed by atoms with Gasteiger partial charge in [0.25, 0.3) is 0 Å². The van der Waals surface area contributed by atoms with Crippen molar-refractivity contribution in [2.45, 2.75) is 19.6 Å². The molecule has 4 nitrogen and oxygen atoms in total. The van der Waals surface area contributed by atoms with Crippen molar-refractivity contribution in [1.29, 1.82) is 0 Å². The summed E-state index contributed by atoms with van der Waals surface area (Å²) < 4.78 is 7.39. The molecule has 1 atom stereocenters. The number of hydrogen-bond donors (Lipinski definition) is 1. The average Bonchev–Trinajstić information content (AvgIpc) is 2.96. The van der Waals surface area contributed by atoms with Gasteiger partial charge in [0.15, 0.2) is 0 Å². The second kappa shape index (κ2) is 4.31.